The molecule has 0 unspecified atom stereocenters. The standard InChI is InChI=1S/C20H24N4O4/c1-6-27-20(28-7-2)19(12-22)17(3,18(19,11-21)16(23)24-20)14-10-13(25-4)8-9-15(14)26-5/h8-10H,6-7H2,1-5H3,(H2,23,24)/t17-,18-,19+/m0/s1. The maximum atomic E-state index is 10.4. The van der Waals surface area contributed by atoms with E-state index in [0.717, 1.165) is 0 Å². The Kier molecular flexibility index (Phi) is 4.54. The summed E-state index contributed by atoms with van der Waals surface area (Å²) < 4.78 is 22.7. The van der Waals surface area contributed by atoms with Gasteiger partial charge in [-0.15, -0.1) is 0 Å². The Hall–Kier alpha value is -2.81. The van der Waals surface area contributed by atoms with E-state index in [-0.39, 0.29) is 19.0 Å². The molecule has 0 saturated heterocycles. The summed E-state index contributed by atoms with van der Waals surface area (Å²) in [4.78, 5) is 4.37. The number of amidine groups is 1. The second kappa shape index (κ2) is 6.37. The number of benzene rings is 1. The molecule has 0 radical (unpaired) electrons. The minimum absolute atomic E-state index is 0.0193. The average molecular weight is 384 g/mol. The Morgan fingerprint density at radius 3 is 2.18 bits per heavy atom. The molecule has 0 amide bonds. The highest BCUT2D eigenvalue weighted by atomic mass is 16.7. The molecule has 1 aromatic rings. The van der Waals surface area contributed by atoms with Crippen LogP contribution in [-0.4, -0.2) is 39.2 Å². The third kappa shape index (κ3) is 1.82. The molecule has 8 heteroatoms. The predicted molar refractivity (Wildman–Crippen MR) is 101 cm³/mol. The topological polar surface area (TPSA) is 123 Å². The van der Waals surface area contributed by atoms with E-state index in [1.165, 1.54) is 7.11 Å². The normalized spacial score (nSPS) is 31.9. The summed E-state index contributed by atoms with van der Waals surface area (Å²) in [5, 5.41) is 20.6. The van der Waals surface area contributed by atoms with Crippen molar-refractivity contribution in [3.05, 3.63) is 23.8 Å². The zero-order valence-electron chi connectivity index (χ0n) is 16.7. The third-order valence-corrected chi connectivity index (χ3v) is 6.09. The third-order valence-electron chi connectivity index (χ3n) is 6.09. The summed E-state index contributed by atoms with van der Waals surface area (Å²) in [6, 6.07) is 9.82. The molecular weight excluding hydrogens is 360 g/mol. The number of ether oxygens (including phenoxy) is 4. The lowest BCUT2D eigenvalue weighted by atomic mass is 9.83. The van der Waals surface area contributed by atoms with E-state index in [9.17, 15) is 10.5 Å². The van der Waals surface area contributed by atoms with Gasteiger partial charge < -0.3 is 24.7 Å². The Labute approximate surface area is 164 Å². The Morgan fingerprint density at radius 2 is 1.71 bits per heavy atom. The molecule has 2 aliphatic rings. The summed E-state index contributed by atoms with van der Waals surface area (Å²) in [6.45, 7) is 5.80. The van der Waals surface area contributed by atoms with Crippen LogP contribution in [0.4, 0.5) is 0 Å². The number of hydrogen-bond acceptors (Lipinski definition) is 8. The van der Waals surface area contributed by atoms with Crippen molar-refractivity contribution in [2.45, 2.75) is 32.1 Å². The fourth-order valence-electron chi connectivity index (χ4n) is 4.89. The highest BCUT2D eigenvalue weighted by Crippen LogP contribution is 2.85. The summed E-state index contributed by atoms with van der Waals surface area (Å²) in [7, 11) is 3.07. The molecule has 3 rings (SSSR count). The number of rotatable bonds is 7. The summed E-state index contributed by atoms with van der Waals surface area (Å²) >= 11 is 0. The van der Waals surface area contributed by atoms with E-state index in [0.29, 0.717) is 17.1 Å². The van der Waals surface area contributed by atoms with E-state index >= 15 is 0 Å². The lowest BCUT2D eigenvalue weighted by molar-refractivity contribution is -0.258. The molecule has 0 bridgehead atoms. The average Bonchev–Trinajstić information content (AvgIpc) is 3.13. The Bertz CT molecular complexity index is 912. The maximum absolute atomic E-state index is 10.4. The van der Waals surface area contributed by atoms with Gasteiger partial charge in [0.15, 0.2) is 10.8 Å². The van der Waals surface area contributed by atoms with Crippen LogP contribution in [0.5, 0.6) is 11.5 Å². The minimum atomic E-state index is -1.69. The van der Waals surface area contributed by atoms with Crippen LogP contribution in [0.1, 0.15) is 26.3 Å². The summed E-state index contributed by atoms with van der Waals surface area (Å²) in [5.74, 6) is -0.590. The number of hydrogen-bond donors (Lipinski definition) is 1. The van der Waals surface area contributed by atoms with Gasteiger partial charge in [0.05, 0.1) is 31.8 Å². The fraction of sp³-hybridized carbons (Fsp3) is 0.550. The van der Waals surface area contributed by atoms with Crippen LogP contribution in [0.2, 0.25) is 0 Å². The van der Waals surface area contributed by atoms with Crippen LogP contribution < -0.4 is 15.2 Å². The smallest absolute Gasteiger partial charge is 0.293 e. The quantitative estimate of drug-likeness (QED) is 0.714. The van der Waals surface area contributed by atoms with Gasteiger partial charge in [-0.2, -0.15) is 10.5 Å². The van der Waals surface area contributed by atoms with Gasteiger partial charge in [0.2, 0.25) is 0 Å². The molecule has 1 saturated carbocycles. The first kappa shape index (κ1) is 19.9. The van der Waals surface area contributed by atoms with Crippen molar-refractivity contribution in [2.24, 2.45) is 21.6 Å². The van der Waals surface area contributed by atoms with Crippen LogP contribution in [0.15, 0.2) is 23.2 Å². The molecular formula is C20H24N4O4. The van der Waals surface area contributed by atoms with Crippen LogP contribution in [-0.2, 0) is 14.9 Å². The molecule has 1 aromatic carbocycles. The highest BCUT2D eigenvalue weighted by molar-refractivity contribution is 6.02. The van der Waals surface area contributed by atoms with Crippen molar-refractivity contribution in [3.8, 4) is 23.6 Å². The predicted octanol–water partition coefficient (Wildman–Crippen LogP) is 2.09. The van der Waals surface area contributed by atoms with Crippen molar-refractivity contribution in [3.63, 3.8) is 0 Å². The summed E-state index contributed by atoms with van der Waals surface area (Å²) in [6.07, 6.45) is 0. The van der Waals surface area contributed by atoms with Crippen molar-refractivity contribution in [1.82, 2.24) is 0 Å². The molecule has 28 heavy (non-hydrogen) atoms. The zero-order chi connectivity index (χ0) is 20.8. The van der Waals surface area contributed by atoms with Gasteiger partial charge >= 0.3 is 0 Å². The SMILES string of the molecule is CCOC1(OCC)N=C(N)[C@@]2(C#N)[C@](C)(c3cc(OC)ccc3OC)[C@@]12C#N. The van der Waals surface area contributed by atoms with Crippen molar-refractivity contribution in [2.75, 3.05) is 27.4 Å². The van der Waals surface area contributed by atoms with Crippen LogP contribution in [0.3, 0.4) is 0 Å². The van der Waals surface area contributed by atoms with Crippen LogP contribution >= 0.6 is 0 Å². The monoisotopic (exact) mass is 384 g/mol. The van der Waals surface area contributed by atoms with Gasteiger partial charge in [-0.1, -0.05) is 6.92 Å². The van der Waals surface area contributed by atoms with Gasteiger partial charge in [-0.3, -0.25) is 0 Å². The van der Waals surface area contributed by atoms with Gasteiger partial charge in [0.25, 0.3) is 5.91 Å². The van der Waals surface area contributed by atoms with E-state index in [1.807, 2.05) is 0 Å². The first-order chi connectivity index (χ1) is 13.4. The molecule has 1 aliphatic heterocycles. The second-order valence-electron chi connectivity index (χ2n) is 6.86. The van der Waals surface area contributed by atoms with Crippen LogP contribution in [0, 0.1) is 33.5 Å². The molecule has 0 spiro atoms. The number of nitriles is 2. The number of nitrogens with zero attached hydrogens (tertiary/aromatic N) is 3. The van der Waals surface area contributed by atoms with Gasteiger partial charge in [0, 0.05) is 18.8 Å². The lowest BCUT2D eigenvalue weighted by Crippen LogP contribution is -2.46. The fourth-order valence-corrected chi connectivity index (χ4v) is 4.89. The lowest BCUT2D eigenvalue weighted by Gasteiger charge is -2.34. The van der Waals surface area contributed by atoms with E-state index in [1.54, 1.807) is 46.1 Å². The summed E-state index contributed by atoms with van der Waals surface area (Å²) in [5.41, 5.74) is 2.87. The number of fused-ring (bicyclic) bond motifs is 1. The molecule has 8 nitrogen and oxygen atoms in total. The zero-order valence-corrected chi connectivity index (χ0v) is 16.7. The highest BCUT2D eigenvalue weighted by Gasteiger charge is 3.00. The Balaban J connectivity index is 2.37. The first-order valence-corrected chi connectivity index (χ1v) is 9.05. The molecule has 1 heterocycles. The number of nitrogens with two attached hydrogens (primary N) is 1. The minimum Gasteiger partial charge on any atom is -0.497 e. The van der Waals surface area contributed by atoms with Crippen LogP contribution in [0.25, 0.3) is 0 Å². The van der Waals surface area contributed by atoms with E-state index in [2.05, 4.69) is 17.1 Å². The molecule has 1 fully saturated rings. The number of aliphatic imine (C=N–C) groups is 1. The maximum Gasteiger partial charge on any atom is 0.293 e. The largest absolute Gasteiger partial charge is 0.497 e. The molecule has 2 N–H and O–H groups in total. The van der Waals surface area contributed by atoms with E-state index in [4.69, 9.17) is 24.7 Å². The molecule has 3 atom stereocenters. The van der Waals surface area contributed by atoms with Crippen molar-refractivity contribution in [1.29, 1.82) is 10.5 Å². The number of methoxy groups -OCH3 is 2. The van der Waals surface area contributed by atoms with Crippen molar-refractivity contribution >= 4 is 5.84 Å². The molecule has 148 valence electrons. The van der Waals surface area contributed by atoms with Gasteiger partial charge in [-0.05, 0) is 32.0 Å². The Morgan fingerprint density at radius 1 is 1.07 bits per heavy atom. The van der Waals surface area contributed by atoms with Gasteiger partial charge in [0.1, 0.15) is 17.3 Å². The molecule has 0 aromatic heterocycles. The van der Waals surface area contributed by atoms with E-state index < -0.39 is 22.2 Å². The second-order valence-corrected chi connectivity index (χ2v) is 6.86. The first-order valence-electron chi connectivity index (χ1n) is 9.05. The van der Waals surface area contributed by atoms with Gasteiger partial charge in [-0.25, -0.2) is 4.99 Å². The van der Waals surface area contributed by atoms with Crippen molar-refractivity contribution < 1.29 is 18.9 Å². The molecule has 1 aliphatic carbocycles.